The lowest BCUT2D eigenvalue weighted by molar-refractivity contribution is 0.165. The summed E-state index contributed by atoms with van der Waals surface area (Å²) in [5.41, 5.74) is 2.12. The van der Waals surface area contributed by atoms with Gasteiger partial charge in [-0.05, 0) is 44.0 Å². The topological polar surface area (TPSA) is 66.1 Å². The Morgan fingerprint density at radius 1 is 1.21 bits per heavy atom. The molecule has 24 heavy (non-hydrogen) atoms. The molecule has 2 heterocycles. The summed E-state index contributed by atoms with van der Waals surface area (Å²) < 4.78 is 28.4. The maximum absolute atomic E-state index is 13.3. The number of aromatic amines is 1. The molecule has 1 fully saturated rings. The third-order valence-electron chi connectivity index (χ3n) is 5.35. The van der Waals surface area contributed by atoms with Crippen molar-refractivity contribution in [2.24, 2.45) is 0 Å². The van der Waals surface area contributed by atoms with Crippen LogP contribution in [0.5, 0.6) is 0 Å². The molecule has 3 unspecified atom stereocenters. The zero-order valence-corrected chi connectivity index (χ0v) is 15.0. The Bertz CT molecular complexity index is 847. The minimum atomic E-state index is -3.59. The van der Waals surface area contributed by atoms with Crippen LogP contribution in [0.1, 0.15) is 55.8 Å². The van der Waals surface area contributed by atoms with Gasteiger partial charge in [-0.25, -0.2) is 8.42 Å². The summed E-state index contributed by atoms with van der Waals surface area (Å²) in [4.78, 5) is 0.301. The average molecular weight is 366 g/mol. The largest absolute Gasteiger partial charge is 0.282 e. The molecule has 0 bridgehead atoms. The molecule has 1 aliphatic heterocycles. The van der Waals surface area contributed by atoms with E-state index in [1.54, 1.807) is 34.8 Å². The van der Waals surface area contributed by atoms with Crippen molar-refractivity contribution in [2.75, 3.05) is 0 Å². The lowest BCUT2D eigenvalue weighted by atomic mass is 9.77. The number of H-pyrrole nitrogens is 1. The normalized spacial score (nSPS) is 27.5. The minimum Gasteiger partial charge on any atom is -0.282 e. The summed E-state index contributed by atoms with van der Waals surface area (Å²) in [6.07, 6.45) is 5.85. The van der Waals surface area contributed by atoms with Gasteiger partial charge in [-0.2, -0.15) is 9.40 Å². The second kappa shape index (κ2) is 5.86. The molecule has 7 heteroatoms. The molecule has 5 nitrogen and oxygen atoms in total. The van der Waals surface area contributed by atoms with Crippen LogP contribution in [0.15, 0.2) is 35.4 Å². The van der Waals surface area contributed by atoms with Gasteiger partial charge in [0.25, 0.3) is 0 Å². The van der Waals surface area contributed by atoms with Crippen molar-refractivity contribution >= 4 is 21.6 Å². The van der Waals surface area contributed by atoms with Gasteiger partial charge in [0.2, 0.25) is 10.0 Å². The average Bonchev–Trinajstić information content (AvgIpc) is 3.06. The van der Waals surface area contributed by atoms with E-state index in [-0.39, 0.29) is 18.0 Å². The van der Waals surface area contributed by atoms with Crippen molar-refractivity contribution in [3.8, 4) is 0 Å². The van der Waals surface area contributed by atoms with E-state index < -0.39 is 10.0 Å². The first kappa shape index (κ1) is 16.1. The zero-order valence-electron chi connectivity index (χ0n) is 13.4. The van der Waals surface area contributed by atoms with E-state index in [1.807, 2.05) is 6.92 Å². The lowest BCUT2D eigenvalue weighted by Gasteiger charge is -2.45. The first-order valence-electron chi connectivity index (χ1n) is 8.32. The molecule has 0 radical (unpaired) electrons. The number of hydrogen-bond acceptors (Lipinski definition) is 3. The smallest absolute Gasteiger partial charge is 0.243 e. The van der Waals surface area contributed by atoms with Gasteiger partial charge < -0.3 is 0 Å². The summed E-state index contributed by atoms with van der Waals surface area (Å²) in [6, 6.07) is 6.21. The van der Waals surface area contributed by atoms with Crippen molar-refractivity contribution < 1.29 is 8.42 Å². The van der Waals surface area contributed by atoms with Gasteiger partial charge in [0.15, 0.2) is 0 Å². The molecule has 0 spiro atoms. The van der Waals surface area contributed by atoms with E-state index in [1.165, 1.54) is 0 Å². The predicted molar refractivity (Wildman–Crippen MR) is 92.5 cm³/mol. The summed E-state index contributed by atoms with van der Waals surface area (Å²) in [5.74, 6) is 0.203. The van der Waals surface area contributed by atoms with E-state index in [0.29, 0.717) is 9.92 Å². The Morgan fingerprint density at radius 3 is 2.67 bits per heavy atom. The quantitative estimate of drug-likeness (QED) is 0.878. The Labute approximate surface area is 147 Å². The number of nitrogens with one attached hydrogen (secondary N) is 1. The zero-order chi connectivity index (χ0) is 16.9. The van der Waals surface area contributed by atoms with Gasteiger partial charge in [-0.1, -0.05) is 24.4 Å². The van der Waals surface area contributed by atoms with Crippen molar-refractivity contribution in [1.29, 1.82) is 0 Å². The van der Waals surface area contributed by atoms with Crippen LogP contribution in [0, 0.1) is 0 Å². The van der Waals surface area contributed by atoms with E-state index in [4.69, 9.17) is 11.6 Å². The molecule has 2 aliphatic rings. The van der Waals surface area contributed by atoms with Crippen LogP contribution in [0.4, 0.5) is 0 Å². The predicted octanol–water partition coefficient (Wildman–Crippen LogP) is 3.85. The van der Waals surface area contributed by atoms with Crippen molar-refractivity contribution in [3.63, 3.8) is 0 Å². The summed E-state index contributed by atoms with van der Waals surface area (Å²) >= 11 is 5.92. The Balaban J connectivity index is 1.82. The van der Waals surface area contributed by atoms with Crippen LogP contribution < -0.4 is 0 Å². The van der Waals surface area contributed by atoms with Crippen molar-refractivity contribution in [3.05, 3.63) is 46.7 Å². The molecule has 0 saturated heterocycles. The fourth-order valence-electron chi connectivity index (χ4n) is 4.23. The minimum absolute atomic E-state index is 0.0117. The van der Waals surface area contributed by atoms with Crippen molar-refractivity contribution in [2.45, 2.75) is 55.5 Å². The maximum Gasteiger partial charge on any atom is 0.243 e. The Kier molecular flexibility index (Phi) is 3.94. The first-order chi connectivity index (χ1) is 11.5. The number of rotatable bonds is 2. The molecule has 0 amide bonds. The van der Waals surface area contributed by atoms with Gasteiger partial charge >= 0.3 is 0 Å². The Hall–Kier alpha value is -1.37. The SMILES string of the molecule is CC1c2cn[nH]c2C2CCCCC2N1S(=O)(=O)c1ccc(Cl)cc1. The van der Waals surface area contributed by atoms with Crippen LogP contribution in [0.3, 0.4) is 0 Å². The molecule has 1 aliphatic carbocycles. The summed E-state index contributed by atoms with van der Waals surface area (Å²) in [5, 5.41) is 7.84. The van der Waals surface area contributed by atoms with Gasteiger partial charge in [-0.3, -0.25) is 5.10 Å². The molecular weight excluding hydrogens is 346 g/mol. The molecule has 1 N–H and O–H groups in total. The molecule has 3 atom stereocenters. The van der Waals surface area contributed by atoms with E-state index in [2.05, 4.69) is 10.2 Å². The molecule has 2 aromatic rings. The third-order valence-corrected chi connectivity index (χ3v) is 7.61. The second-order valence-corrected chi connectivity index (χ2v) is 8.94. The van der Waals surface area contributed by atoms with E-state index in [0.717, 1.165) is 36.9 Å². The summed E-state index contributed by atoms with van der Waals surface area (Å²) in [6.45, 7) is 1.95. The third kappa shape index (κ3) is 2.39. The first-order valence-corrected chi connectivity index (χ1v) is 10.1. The van der Waals surface area contributed by atoms with Crippen LogP contribution >= 0.6 is 11.6 Å². The van der Waals surface area contributed by atoms with Crippen LogP contribution in [-0.2, 0) is 10.0 Å². The molecule has 4 rings (SSSR count). The molecule has 1 aromatic carbocycles. The number of halogens is 1. The van der Waals surface area contributed by atoms with Gasteiger partial charge in [0.1, 0.15) is 0 Å². The number of sulfonamides is 1. The summed E-state index contributed by atoms with van der Waals surface area (Å²) in [7, 11) is -3.59. The maximum atomic E-state index is 13.3. The van der Waals surface area contributed by atoms with E-state index >= 15 is 0 Å². The Morgan fingerprint density at radius 2 is 1.92 bits per heavy atom. The highest BCUT2D eigenvalue weighted by atomic mass is 35.5. The van der Waals surface area contributed by atoms with Crippen LogP contribution in [0.2, 0.25) is 5.02 Å². The highest BCUT2D eigenvalue weighted by molar-refractivity contribution is 7.89. The molecule has 1 aromatic heterocycles. The number of fused-ring (bicyclic) bond motifs is 3. The highest BCUT2D eigenvalue weighted by Gasteiger charge is 2.47. The molecule has 1 saturated carbocycles. The van der Waals surface area contributed by atoms with Crippen molar-refractivity contribution in [1.82, 2.24) is 14.5 Å². The second-order valence-electron chi connectivity index (χ2n) is 6.66. The monoisotopic (exact) mass is 365 g/mol. The molecule has 128 valence electrons. The lowest BCUT2D eigenvalue weighted by Crippen LogP contribution is -2.49. The van der Waals surface area contributed by atoms with Gasteiger partial charge in [0.05, 0.1) is 17.1 Å². The van der Waals surface area contributed by atoms with Crippen LogP contribution in [-0.4, -0.2) is 29.0 Å². The standard InChI is InChI=1S/C17H20ClN3O2S/c1-11-15-10-19-20-17(15)14-4-2-3-5-16(14)21(11)24(22,23)13-8-6-12(18)7-9-13/h6-11,14,16H,2-5H2,1H3,(H,19,20). The van der Waals surface area contributed by atoms with E-state index in [9.17, 15) is 8.42 Å². The van der Waals surface area contributed by atoms with Gasteiger partial charge in [0, 0.05) is 28.2 Å². The number of aromatic nitrogens is 2. The number of benzene rings is 1. The van der Waals surface area contributed by atoms with Crippen LogP contribution in [0.25, 0.3) is 0 Å². The fraction of sp³-hybridized carbons (Fsp3) is 0.471. The number of hydrogen-bond donors (Lipinski definition) is 1. The fourth-order valence-corrected chi connectivity index (χ4v) is 6.22. The highest BCUT2D eigenvalue weighted by Crippen LogP contribution is 2.47. The van der Waals surface area contributed by atoms with Gasteiger partial charge in [-0.15, -0.1) is 0 Å². The number of nitrogens with zero attached hydrogens (tertiary/aromatic N) is 2. The molecular formula is C17H20ClN3O2S.